The Bertz CT molecular complexity index is 611. The SMILES string of the molecule is CCn1c(C#N)cc2c(Cl)cc(F)c(F)c21. The first-order valence-corrected chi connectivity index (χ1v) is 5.04. The largest absolute Gasteiger partial charge is 0.330 e. The summed E-state index contributed by atoms with van der Waals surface area (Å²) in [6.45, 7) is 2.13. The molecule has 0 spiro atoms. The van der Waals surface area contributed by atoms with Crippen molar-refractivity contribution in [1.29, 1.82) is 5.26 Å². The predicted molar refractivity (Wildman–Crippen MR) is 57.3 cm³/mol. The van der Waals surface area contributed by atoms with E-state index in [1.54, 1.807) is 6.92 Å². The third-order valence-corrected chi connectivity index (χ3v) is 2.77. The molecule has 0 aliphatic heterocycles. The summed E-state index contributed by atoms with van der Waals surface area (Å²) in [5.41, 5.74) is 0.313. The first kappa shape index (κ1) is 10.9. The van der Waals surface area contributed by atoms with E-state index in [1.807, 2.05) is 6.07 Å². The van der Waals surface area contributed by atoms with Gasteiger partial charge in [-0.1, -0.05) is 11.6 Å². The zero-order valence-electron chi connectivity index (χ0n) is 8.39. The smallest absolute Gasteiger partial charge is 0.183 e. The van der Waals surface area contributed by atoms with Gasteiger partial charge in [0.15, 0.2) is 11.6 Å². The maximum Gasteiger partial charge on any atom is 0.183 e. The second-order valence-electron chi connectivity index (χ2n) is 3.30. The number of fused-ring (bicyclic) bond motifs is 1. The maximum absolute atomic E-state index is 13.6. The molecule has 1 heterocycles. The molecule has 0 bridgehead atoms. The molecule has 1 aromatic carbocycles. The maximum atomic E-state index is 13.6. The van der Waals surface area contributed by atoms with Crippen LogP contribution in [0.15, 0.2) is 12.1 Å². The summed E-state index contributed by atoms with van der Waals surface area (Å²) in [6, 6.07) is 4.30. The lowest BCUT2D eigenvalue weighted by Gasteiger charge is -2.04. The predicted octanol–water partition coefficient (Wildman–Crippen LogP) is 3.46. The number of halogens is 3. The van der Waals surface area contributed by atoms with Crippen molar-refractivity contribution in [3.63, 3.8) is 0 Å². The van der Waals surface area contributed by atoms with E-state index in [0.29, 0.717) is 11.9 Å². The van der Waals surface area contributed by atoms with Gasteiger partial charge < -0.3 is 4.57 Å². The number of hydrogen-bond donors (Lipinski definition) is 0. The molecule has 0 aliphatic rings. The molecule has 1 aromatic heterocycles. The second kappa shape index (κ2) is 3.76. The topological polar surface area (TPSA) is 28.7 Å². The van der Waals surface area contributed by atoms with Crippen molar-refractivity contribution in [3.8, 4) is 6.07 Å². The third kappa shape index (κ3) is 1.36. The van der Waals surface area contributed by atoms with Crippen LogP contribution in [0.3, 0.4) is 0 Å². The Balaban J connectivity index is 3.00. The zero-order valence-corrected chi connectivity index (χ0v) is 9.15. The molecule has 2 aromatic rings. The highest BCUT2D eigenvalue weighted by atomic mass is 35.5. The lowest BCUT2D eigenvalue weighted by atomic mass is 10.2. The van der Waals surface area contributed by atoms with Crippen LogP contribution in [0.1, 0.15) is 12.6 Å². The number of aromatic nitrogens is 1. The van der Waals surface area contributed by atoms with E-state index in [-0.39, 0.29) is 16.2 Å². The van der Waals surface area contributed by atoms with Gasteiger partial charge in [-0.05, 0) is 19.1 Å². The van der Waals surface area contributed by atoms with Crippen LogP contribution in [0.4, 0.5) is 8.78 Å². The van der Waals surface area contributed by atoms with Crippen molar-refractivity contribution in [1.82, 2.24) is 4.57 Å². The Morgan fingerprint density at radius 2 is 2.12 bits per heavy atom. The average molecular weight is 241 g/mol. The van der Waals surface area contributed by atoms with Gasteiger partial charge >= 0.3 is 0 Å². The van der Waals surface area contributed by atoms with Crippen LogP contribution in [0.25, 0.3) is 10.9 Å². The Morgan fingerprint density at radius 1 is 1.44 bits per heavy atom. The third-order valence-electron chi connectivity index (χ3n) is 2.46. The molecule has 2 rings (SSSR count). The van der Waals surface area contributed by atoms with E-state index < -0.39 is 11.6 Å². The van der Waals surface area contributed by atoms with Crippen LogP contribution >= 0.6 is 11.6 Å². The standard InChI is InChI=1S/C11H7ClF2N2/c1-2-16-6(5-15)3-7-8(12)4-9(13)10(14)11(7)16/h3-4H,2H2,1H3. The Kier molecular flexibility index (Phi) is 2.56. The zero-order chi connectivity index (χ0) is 11.9. The van der Waals surface area contributed by atoms with Crippen molar-refractivity contribution in [2.45, 2.75) is 13.5 Å². The molecule has 0 atom stereocenters. The number of rotatable bonds is 1. The lowest BCUT2D eigenvalue weighted by molar-refractivity contribution is 0.512. The highest BCUT2D eigenvalue weighted by Crippen LogP contribution is 2.30. The molecule has 0 radical (unpaired) electrons. The minimum Gasteiger partial charge on any atom is -0.330 e. The molecule has 0 saturated carbocycles. The number of hydrogen-bond acceptors (Lipinski definition) is 1. The molecule has 0 unspecified atom stereocenters. The number of nitriles is 1. The lowest BCUT2D eigenvalue weighted by Crippen LogP contribution is -1.99. The highest BCUT2D eigenvalue weighted by Gasteiger charge is 2.17. The van der Waals surface area contributed by atoms with Gasteiger partial charge in [0, 0.05) is 11.9 Å². The van der Waals surface area contributed by atoms with Gasteiger partial charge in [-0.3, -0.25) is 0 Å². The molecular formula is C11H7ClF2N2. The molecule has 5 heteroatoms. The molecule has 0 N–H and O–H groups in total. The van der Waals surface area contributed by atoms with E-state index in [9.17, 15) is 8.78 Å². The Morgan fingerprint density at radius 3 is 2.69 bits per heavy atom. The fraction of sp³-hybridized carbons (Fsp3) is 0.182. The fourth-order valence-electron chi connectivity index (χ4n) is 1.75. The Labute approximate surface area is 95.7 Å². The van der Waals surface area contributed by atoms with Gasteiger partial charge in [0.25, 0.3) is 0 Å². The summed E-state index contributed by atoms with van der Waals surface area (Å²) >= 11 is 5.80. The summed E-state index contributed by atoms with van der Waals surface area (Å²) in [6.07, 6.45) is 0. The van der Waals surface area contributed by atoms with E-state index in [1.165, 1.54) is 10.6 Å². The van der Waals surface area contributed by atoms with Crippen LogP contribution < -0.4 is 0 Å². The van der Waals surface area contributed by atoms with Gasteiger partial charge in [0.1, 0.15) is 11.8 Å². The fourth-order valence-corrected chi connectivity index (χ4v) is 1.99. The minimum atomic E-state index is -1.00. The molecule has 0 amide bonds. The first-order chi connectivity index (χ1) is 7.60. The van der Waals surface area contributed by atoms with Gasteiger partial charge in [0.2, 0.25) is 0 Å². The van der Waals surface area contributed by atoms with Crippen molar-refractivity contribution in [3.05, 3.63) is 34.5 Å². The minimum absolute atomic E-state index is 0.0454. The van der Waals surface area contributed by atoms with Gasteiger partial charge in [-0.15, -0.1) is 0 Å². The number of aryl methyl sites for hydroxylation is 1. The highest BCUT2D eigenvalue weighted by molar-refractivity contribution is 6.35. The second-order valence-corrected chi connectivity index (χ2v) is 3.71. The van der Waals surface area contributed by atoms with Gasteiger partial charge in [-0.25, -0.2) is 8.78 Å². The van der Waals surface area contributed by atoms with Crippen molar-refractivity contribution in [2.24, 2.45) is 0 Å². The van der Waals surface area contributed by atoms with Crippen molar-refractivity contribution >= 4 is 22.5 Å². The summed E-state index contributed by atoms with van der Waals surface area (Å²) in [4.78, 5) is 0. The summed E-state index contributed by atoms with van der Waals surface area (Å²) in [5, 5.41) is 9.34. The first-order valence-electron chi connectivity index (χ1n) is 4.67. The molecule has 0 saturated heterocycles. The van der Waals surface area contributed by atoms with E-state index in [2.05, 4.69) is 0 Å². The monoisotopic (exact) mass is 240 g/mol. The summed E-state index contributed by atoms with van der Waals surface area (Å²) in [7, 11) is 0. The van der Waals surface area contributed by atoms with Gasteiger partial charge in [-0.2, -0.15) is 5.26 Å². The average Bonchev–Trinajstić information content (AvgIpc) is 2.64. The van der Waals surface area contributed by atoms with Crippen LogP contribution in [0, 0.1) is 23.0 Å². The molecule has 0 fully saturated rings. The van der Waals surface area contributed by atoms with Crippen LogP contribution in [-0.2, 0) is 6.54 Å². The van der Waals surface area contributed by atoms with Crippen LogP contribution in [0.2, 0.25) is 5.02 Å². The molecule has 16 heavy (non-hydrogen) atoms. The van der Waals surface area contributed by atoms with Gasteiger partial charge in [0.05, 0.1) is 10.5 Å². The van der Waals surface area contributed by atoms with E-state index in [0.717, 1.165) is 6.07 Å². The van der Waals surface area contributed by atoms with Crippen molar-refractivity contribution in [2.75, 3.05) is 0 Å². The number of nitrogens with zero attached hydrogens (tertiary/aromatic N) is 2. The van der Waals surface area contributed by atoms with E-state index >= 15 is 0 Å². The molecule has 2 nitrogen and oxygen atoms in total. The molecule has 82 valence electrons. The van der Waals surface area contributed by atoms with E-state index in [4.69, 9.17) is 16.9 Å². The van der Waals surface area contributed by atoms with Crippen molar-refractivity contribution < 1.29 is 8.78 Å². The summed E-state index contributed by atoms with van der Waals surface area (Å²) < 4.78 is 28.2. The van der Waals surface area contributed by atoms with Crippen LogP contribution in [0.5, 0.6) is 0 Å². The number of benzene rings is 1. The molecular weight excluding hydrogens is 234 g/mol. The quantitative estimate of drug-likeness (QED) is 0.702. The van der Waals surface area contributed by atoms with Crippen LogP contribution in [-0.4, -0.2) is 4.57 Å². The Hall–Kier alpha value is -1.60. The molecule has 0 aliphatic carbocycles. The normalized spacial score (nSPS) is 10.7. The summed E-state index contributed by atoms with van der Waals surface area (Å²) in [5.74, 6) is -1.97.